The number of nitrogens with zero attached hydrogens (tertiary/aromatic N) is 2. The minimum atomic E-state index is -0.750. The van der Waals surface area contributed by atoms with Crippen LogP contribution >= 0.6 is 11.8 Å². The number of hydrogen-bond acceptors (Lipinski definition) is 6. The summed E-state index contributed by atoms with van der Waals surface area (Å²) in [4.78, 5) is 41.3. The Morgan fingerprint density at radius 2 is 1.94 bits per heavy atom. The molecule has 2 aromatic carbocycles. The highest BCUT2D eigenvalue weighted by Crippen LogP contribution is 2.23. The number of hydrogen-bond donors (Lipinski definition) is 2. The van der Waals surface area contributed by atoms with E-state index < -0.39 is 24.3 Å². The molecule has 0 saturated heterocycles. The smallest absolute Gasteiger partial charge is 0.357 e. The van der Waals surface area contributed by atoms with Crippen molar-refractivity contribution < 1.29 is 23.5 Å². The number of amides is 2. The summed E-state index contributed by atoms with van der Waals surface area (Å²) in [6.07, 6.45) is 5.10. The summed E-state index contributed by atoms with van der Waals surface area (Å²) in [5, 5.41) is 6.02. The Hall–Kier alpha value is -3.66. The van der Waals surface area contributed by atoms with Crippen LogP contribution in [0.15, 0.2) is 59.9 Å². The van der Waals surface area contributed by atoms with Gasteiger partial charge in [-0.15, -0.1) is 0 Å². The van der Waals surface area contributed by atoms with Gasteiger partial charge in [0.05, 0.1) is 6.20 Å². The fraction of sp³-hybridized carbons (Fsp3) is 0.217. The van der Waals surface area contributed by atoms with Gasteiger partial charge in [-0.05, 0) is 61.6 Å². The summed E-state index contributed by atoms with van der Waals surface area (Å²) >= 11 is 1.31. The molecule has 170 valence electrons. The van der Waals surface area contributed by atoms with Crippen molar-refractivity contribution in [3.8, 4) is 5.69 Å². The maximum Gasteiger partial charge on any atom is 0.357 e. The minimum absolute atomic E-state index is 0.109. The first-order chi connectivity index (χ1) is 15.9. The summed E-state index contributed by atoms with van der Waals surface area (Å²) in [6, 6.07) is 12.3. The fourth-order valence-corrected chi connectivity index (χ4v) is 3.64. The topological polar surface area (TPSA) is 102 Å². The predicted octanol–water partition coefficient (Wildman–Crippen LogP) is 3.42. The van der Waals surface area contributed by atoms with Crippen LogP contribution in [0.2, 0.25) is 0 Å². The van der Waals surface area contributed by atoms with E-state index in [4.69, 9.17) is 4.74 Å². The number of aromatic nitrogens is 2. The molecular formula is C23H21FN4O4S. The molecule has 2 N–H and O–H groups in total. The highest BCUT2D eigenvalue weighted by Gasteiger charge is 2.24. The van der Waals surface area contributed by atoms with E-state index in [0.717, 1.165) is 12.8 Å². The highest BCUT2D eigenvalue weighted by molar-refractivity contribution is 7.98. The third kappa shape index (κ3) is 5.58. The first-order valence-electron chi connectivity index (χ1n) is 10.2. The van der Waals surface area contributed by atoms with Crippen LogP contribution in [0.25, 0.3) is 5.69 Å². The molecule has 0 atom stereocenters. The van der Waals surface area contributed by atoms with E-state index >= 15 is 0 Å². The highest BCUT2D eigenvalue weighted by atomic mass is 32.2. The van der Waals surface area contributed by atoms with Crippen LogP contribution in [0, 0.1) is 5.82 Å². The zero-order valence-electron chi connectivity index (χ0n) is 17.7. The maximum absolute atomic E-state index is 13.3. The number of anilines is 1. The molecule has 0 aliphatic heterocycles. The largest absolute Gasteiger partial charge is 0.451 e. The Balaban J connectivity index is 1.39. The molecular weight excluding hydrogens is 447 g/mol. The number of carbonyl (C=O) groups is 3. The minimum Gasteiger partial charge on any atom is -0.451 e. The van der Waals surface area contributed by atoms with Crippen molar-refractivity contribution in [1.29, 1.82) is 0 Å². The van der Waals surface area contributed by atoms with Crippen molar-refractivity contribution in [2.75, 3.05) is 18.2 Å². The number of rotatable bonds is 8. The molecule has 2 amide bonds. The second-order valence-electron chi connectivity index (χ2n) is 7.39. The molecule has 1 aliphatic rings. The van der Waals surface area contributed by atoms with Crippen LogP contribution in [0.5, 0.6) is 0 Å². The van der Waals surface area contributed by atoms with Gasteiger partial charge in [-0.2, -0.15) is 0 Å². The number of ether oxygens (including phenoxy) is 1. The van der Waals surface area contributed by atoms with Crippen molar-refractivity contribution in [2.24, 2.45) is 0 Å². The lowest BCUT2D eigenvalue weighted by Gasteiger charge is -2.11. The fourth-order valence-electron chi connectivity index (χ4n) is 3.10. The van der Waals surface area contributed by atoms with Crippen LogP contribution in [-0.4, -0.2) is 46.2 Å². The third-order valence-corrected chi connectivity index (χ3v) is 5.51. The predicted molar refractivity (Wildman–Crippen MR) is 121 cm³/mol. The maximum atomic E-state index is 13.3. The second-order valence-corrected chi connectivity index (χ2v) is 8.17. The first kappa shape index (κ1) is 22.5. The molecule has 1 heterocycles. The van der Waals surface area contributed by atoms with Crippen LogP contribution in [-0.2, 0) is 9.53 Å². The Morgan fingerprint density at radius 3 is 2.64 bits per heavy atom. The van der Waals surface area contributed by atoms with Crippen molar-refractivity contribution in [2.45, 2.75) is 24.0 Å². The molecule has 0 radical (unpaired) electrons. The average Bonchev–Trinajstić information content (AvgIpc) is 3.52. The molecule has 0 bridgehead atoms. The van der Waals surface area contributed by atoms with E-state index in [1.54, 1.807) is 30.5 Å². The average molecular weight is 469 g/mol. The van der Waals surface area contributed by atoms with Gasteiger partial charge in [-0.1, -0.05) is 17.8 Å². The Labute approximate surface area is 193 Å². The molecule has 3 aromatic rings. The van der Waals surface area contributed by atoms with Gasteiger partial charge in [0.25, 0.3) is 11.8 Å². The lowest BCUT2D eigenvalue weighted by atomic mass is 10.2. The normalized spacial score (nSPS) is 12.8. The van der Waals surface area contributed by atoms with Crippen molar-refractivity contribution in [3.63, 3.8) is 0 Å². The van der Waals surface area contributed by atoms with Gasteiger partial charge in [-0.25, -0.2) is 14.2 Å². The number of imidazole rings is 1. The van der Waals surface area contributed by atoms with Gasteiger partial charge >= 0.3 is 5.97 Å². The summed E-state index contributed by atoms with van der Waals surface area (Å²) < 4.78 is 20.0. The van der Waals surface area contributed by atoms with E-state index in [9.17, 15) is 18.8 Å². The Kier molecular flexibility index (Phi) is 6.74. The van der Waals surface area contributed by atoms with Crippen LogP contribution < -0.4 is 10.6 Å². The van der Waals surface area contributed by atoms with Gasteiger partial charge in [0.2, 0.25) is 0 Å². The van der Waals surface area contributed by atoms with Gasteiger partial charge in [0.15, 0.2) is 17.5 Å². The molecule has 1 aromatic heterocycles. The van der Waals surface area contributed by atoms with Crippen molar-refractivity contribution in [3.05, 3.63) is 71.8 Å². The lowest BCUT2D eigenvalue weighted by Crippen LogP contribution is -2.25. The van der Waals surface area contributed by atoms with Crippen LogP contribution in [0.3, 0.4) is 0 Å². The van der Waals surface area contributed by atoms with Gasteiger partial charge in [0, 0.05) is 23.0 Å². The second kappa shape index (κ2) is 9.86. The zero-order valence-corrected chi connectivity index (χ0v) is 18.5. The number of carbonyl (C=O) groups excluding carboxylic acids is 3. The molecule has 1 saturated carbocycles. The van der Waals surface area contributed by atoms with Gasteiger partial charge < -0.3 is 15.4 Å². The Morgan fingerprint density at radius 1 is 1.18 bits per heavy atom. The van der Waals surface area contributed by atoms with Gasteiger partial charge in [0.1, 0.15) is 5.82 Å². The van der Waals surface area contributed by atoms with E-state index in [1.807, 2.05) is 0 Å². The number of esters is 1. The SMILES string of the molecule is CSc1ncc(C(=O)OCC(=O)Nc2cccc(C(=O)NC3CC3)c2)n1-c1ccc(F)cc1. The van der Waals surface area contributed by atoms with E-state index in [1.165, 1.54) is 46.8 Å². The Bertz CT molecular complexity index is 1190. The molecule has 0 spiro atoms. The number of benzene rings is 2. The summed E-state index contributed by atoms with van der Waals surface area (Å²) in [6.45, 7) is -0.527. The molecule has 0 unspecified atom stereocenters. The molecule has 1 fully saturated rings. The molecule has 10 heteroatoms. The number of nitrogens with one attached hydrogen (secondary N) is 2. The van der Waals surface area contributed by atoms with Crippen LogP contribution in [0.4, 0.5) is 10.1 Å². The number of thioether (sulfide) groups is 1. The van der Waals surface area contributed by atoms with E-state index in [-0.39, 0.29) is 17.6 Å². The van der Waals surface area contributed by atoms with Crippen molar-refractivity contribution in [1.82, 2.24) is 14.9 Å². The molecule has 8 nitrogen and oxygen atoms in total. The standard InChI is InChI=1S/C23H21FN4O4S/c1-33-23-25-12-19(28(23)18-9-5-15(24)6-10-18)22(31)32-13-20(29)26-17-4-2-3-14(11-17)21(30)27-16-7-8-16/h2-6,9-12,16H,7-8,13H2,1H3,(H,26,29)(H,27,30). The third-order valence-electron chi connectivity index (χ3n) is 4.86. The van der Waals surface area contributed by atoms with Crippen molar-refractivity contribution >= 4 is 35.2 Å². The monoisotopic (exact) mass is 468 g/mol. The van der Waals surface area contributed by atoms with Crippen LogP contribution in [0.1, 0.15) is 33.7 Å². The van der Waals surface area contributed by atoms with Gasteiger partial charge in [-0.3, -0.25) is 14.2 Å². The lowest BCUT2D eigenvalue weighted by molar-refractivity contribution is -0.119. The zero-order chi connectivity index (χ0) is 23.4. The van der Waals surface area contributed by atoms with E-state index in [2.05, 4.69) is 15.6 Å². The summed E-state index contributed by atoms with van der Waals surface area (Å²) in [5.74, 6) is -1.90. The number of halogens is 1. The molecule has 4 rings (SSSR count). The quantitative estimate of drug-likeness (QED) is 0.388. The molecule has 33 heavy (non-hydrogen) atoms. The molecule has 1 aliphatic carbocycles. The van der Waals surface area contributed by atoms with E-state index in [0.29, 0.717) is 22.1 Å². The first-order valence-corrected chi connectivity index (χ1v) is 11.4. The summed E-state index contributed by atoms with van der Waals surface area (Å²) in [7, 11) is 0. The summed E-state index contributed by atoms with van der Waals surface area (Å²) in [5.41, 5.74) is 1.50.